The number of carboxylic acids is 1. The summed E-state index contributed by atoms with van der Waals surface area (Å²) in [6, 6.07) is 5.73. The number of benzene rings is 1. The third-order valence-electron chi connectivity index (χ3n) is 2.61. The van der Waals surface area contributed by atoms with E-state index in [-0.39, 0.29) is 6.42 Å². The summed E-state index contributed by atoms with van der Waals surface area (Å²) in [4.78, 5) is 10.7. The molecule has 4 heteroatoms. The maximum atomic E-state index is 10.7. The molecule has 0 heterocycles. The number of methoxy groups -OCH3 is 1. The molecular weight excluding hydrogens is 240 g/mol. The standard InChI is InChI=1S/C13H17ClO3/c1-8(2)9-4-5-12(17-3)10(6-9)11(14)7-13(15)16/h4-6,8,11H,7H2,1-3H3,(H,15,16). The summed E-state index contributed by atoms with van der Waals surface area (Å²) >= 11 is 6.10. The number of carbonyl (C=O) groups is 1. The average Bonchev–Trinajstić information content (AvgIpc) is 2.27. The third-order valence-corrected chi connectivity index (χ3v) is 3.00. The van der Waals surface area contributed by atoms with Crippen LogP contribution in [-0.2, 0) is 4.79 Å². The van der Waals surface area contributed by atoms with Crippen LogP contribution in [0.4, 0.5) is 0 Å². The smallest absolute Gasteiger partial charge is 0.305 e. The lowest BCUT2D eigenvalue weighted by Crippen LogP contribution is -2.04. The van der Waals surface area contributed by atoms with E-state index in [9.17, 15) is 4.79 Å². The largest absolute Gasteiger partial charge is 0.496 e. The Bertz CT molecular complexity index is 402. The Kier molecular flexibility index (Phi) is 4.82. The molecule has 1 rings (SSSR count). The van der Waals surface area contributed by atoms with E-state index in [0.717, 1.165) is 11.1 Å². The Labute approximate surface area is 106 Å². The van der Waals surface area contributed by atoms with E-state index in [0.29, 0.717) is 11.7 Å². The first-order valence-electron chi connectivity index (χ1n) is 5.49. The predicted molar refractivity (Wildman–Crippen MR) is 67.9 cm³/mol. The molecule has 0 aliphatic carbocycles. The molecule has 17 heavy (non-hydrogen) atoms. The molecule has 94 valence electrons. The van der Waals surface area contributed by atoms with E-state index in [4.69, 9.17) is 21.4 Å². The van der Waals surface area contributed by atoms with Gasteiger partial charge in [0.2, 0.25) is 0 Å². The van der Waals surface area contributed by atoms with Crippen molar-refractivity contribution in [2.45, 2.75) is 31.6 Å². The third kappa shape index (κ3) is 3.63. The second-order valence-electron chi connectivity index (χ2n) is 4.22. The molecule has 0 saturated heterocycles. The summed E-state index contributed by atoms with van der Waals surface area (Å²) < 4.78 is 5.21. The fourth-order valence-electron chi connectivity index (χ4n) is 1.62. The topological polar surface area (TPSA) is 46.5 Å². The van der Waals surface area contributed by atoms with E-state index in [1.54, 1.807) is 7.11 Å². The highest BCUT2D eigenvalue weighted by atomic mass is 35.5. The number of ether oxygens (including phenoxy) is 1. The zero-order valence-corrected chi connectivity index (χ0v) is 11.0. The van der Waals surface area contributed by atoms with Crippen LogP contribution in [0.2, 0.25) is 0 Å². The second kappa shape index (κ2) is 5.92. The highest BCUT2D eigenvalue weighted by Gasteiger charge is 2.18. The fraction of sp³-hybridized carbons (Fsp3) is 0.462. The molecule has 0 amide bonds. The molecule has 0 aromatic heterocycles. The summed E-state index contributed by atoms with van der Waals surface area (Å²) in [7, 11) is 1.55. The number of rotatable bonds is 5. The molecule has 1 aromatic rings. The number of hydrogen-bond donors (Lipinski definition) is 1. The van der Waals surface area contributed by atoms with Gasteiger partial charge in [-0.15, -0.1) is 11.6 Å². The normalized spacial score (nSPS) is 12.5. The minimum Gasteiger partial charge on any atom is -0.496 e. The van der Waals surface area contributed by atoms with Crippen LogP contribution in [0.3, 0.4) is 0 Å². The van der Waals surface area contributed by atoms with Crippen molar-refractivity contribution in [2.24, 2.45) is 0 Å². The van der Waals surface area contributed by atoms with E-state index in [1.165, 1.54) is 0 Å². The molecule has 0 aliphatic heterocycles. The van der Waals surface area contributed by atoms with Crippen molar-refractivity contribution in [3.8, 4) is 5.75 Å². The van der Waals surface area contributed by atoms with Gasteiger partial charge in [0.25, 0.3) is 0 Å². The zero-order chi connectivity index (χ0) is 13.0. The van der Waals surface area contributed by atoms with Crippen LogP contribution in [0.5, 0.6) is 5.75 Å². The highest BCUT2D eigenvalue weighted by Crippen LogP contribution is 2.34. The second-order valence-corrected chi connectivity index (χ2v) is 4.75. The van der Waals surface area contributed by atoms with Crippen LogP contribution in [-0.4, -0.2) is 18.2 Å². The molecule has 0 aliphatic rings. The minimum absolute atomic E-state index is 0.112. The van der Waals surface area contributed by atoms with Gasteiger partial charge in [-0.2, -0.15) is 0 Å². The van der Waals surface area contributed by atoms with Gasteiger partial charge in [0.1, 0.15) is 5.75 Å². The number of aliphatic carboxylic acids is 1. The van der Waals surface area contributed by atoms with Crippen molar-refractivity contribution in [1.29, 1.82) is 0 Å². The van der Waals surface area contributed by atoms with Gasteiger partial charge >= 0.3 is 5.97 Å². The lowest BCUT2D eigenvalue weighted by Gasteiger charge is -2.15. The summed E-state index contributed by atoms with van der Waals surface area (Å²) in [6.45, 7) is 4.15. The van der Waals surface area contributed by atoms with E-state index in [2.05, 4.69) is 13.8 Å². The molecule has 1 unspecified atom stereocenters. The van der Waals surface area contributed by atoms with Crippen molar-refractivity contribution >= 4 is 17.6 Å². The van der Waals surface area contributed by atoms with Crippen LogP contribution in [0, 0.1) is 0 Å². The minimum atomic E-state index is -0.915. The first-order valence-corrected chi connectivity index (χ1v) is 5.93. The summed E-state index contributed by atoms with van der Waals surface area (Å²) in [5.41, 5.74) is 1.86. The molecule has 0 spiro atoms. The Morgan fingerprint density at radius 3 is 2.59 bits per heavy atom. The van der Waals surface area contributed by atoms with Gasteiger partial charge < -0.3 is 9.84 Å². The molecule has 0 bridgehead atoms. The van der Waals surface area contributed by atoms with Gasteiger partial charge in [0.05, 0.1) is 18.9 Å². The molecule has 0 saturated carbocycles. The molecule has 0 fully saturated rings. The van der Waals surface area contributed by atoms with Gasteiger partial charge in [-0.3, -0.25) is 4.79 Å². The zero-order valence-electron chi connectivity index (χ0n) is 10.2. The van der Waals surface area contributed by atoms with E-state index in [1.807, 2.05) is 18.2 Å². The maximum absolute atomic E-state index is 10.7. The Morgan fingerprint density at radius 2 is 2.12 bits per heavy atom. The molecule has 1 atom stereocenters. The van der Waals surface area contributed by atoms with Gasteiger partial charge in [0, 0.05) is 5.56 Å². The fourth-order valence-corrected chi connectivity index (χ4v) is 1.92. The lowest BCUT2D eigenvalue weighted by atomic mass is 9.98. The number of hydrogen-bond acceptors (Lipinski definition) is 2. The monoisotopic (exact) mass is 256 g/mol. The van der Waals surface area contributed by atoms with E-state index < -0.39 is 11.3 Å². The van der Waals surface area contributed by atoms with Crippen LogP contribution >= 0.6 is 11.6 Å². The van der Waals surface area contributed by atoms with Crippen molar-refractivity contribution in [3.05, 3.63) is 29.3 Å². The molecule has 1 aromatic carbocycles. The highest BCUT2D eigenvalue weighted by molar-refractivity contribution is 6.22. The quantitative estimate of drug-likeness (QED) is 0.819. The van der Waals surface area contributed by atoms with Crippen LogP contribution in [0.1, 0.15) is 42.7 Å². The lowest BCUT2D eigenvalue weighted by molar-refractivity contribution is -0.137. The van der Waals surface area contributed by atoms with Crippen LogP contribution in [0.15, 0.2) is 18.2 Å². The first kappa shape index (κ1) is 13.8. The summed E-state index contributed by atoms with van der Waals surface area (Å²) in [5.74, 6) is 0.0889. The van der Waals surface area contributed by atoms with Crippen molar-refractivity contribution < 1.29 is 14.6 Å². The van der Waals surface area contributed by atoms with Crippen molar-refractivity contribution in [3.63, 3.8) is 0 Å². The summed E-state index contributed by atoms with van der Waals surface area (Å²) in [5, 5.41) is 8.19. The average molecular weight is 257 g/mol. The van der Waals surface area contributed by atoms with Crippen molar-refractivity contribution in [2.75, 3.05) is 7.11 Å². The Hall–Kier alpha value is -1.22. The van der Waals surface area contributed by atoms with Gasteiger partial charge in [-0.05, 0) is 17.5 Å². The van der Waals surface area contributed by atoms with Gasteiger partial charge in [0.15, 0.2) is 0 Å². The molecule has 3 nitrogen and oxygen atoms in total. The number of halogens is 1. The van der Waals surface area contributed by atoms with Crippen LogP contribution in [0.25, 0.3) is 0 Å². The predicted octanol–water partition coefficient (Wildman–Crippen LogP) is 3.57. The maximum Gasteiger partial charge on any atom is 0.305 e. The Balaban J connectivity index is 3.09. The number of carboxylic acid groups (broad SMARTS) is 1. The van der Waals surface area contributed by atoms with Gasteiger partial charge in [-0.1, -0.05) is 26.0 Å². The number of alkyl halides is 1. The van der Waals surface area contributed by atoms with Crippen LogP contribution < -0.4 is 4.74 Å². The van der Waals surface area contributed by atoms with Crippen molar-refractivity contribution in [1.82, 2.24) is 0 Å². The molecule has 0 radical (unpaired) electrons. The Morgan fingerprint density at radius 1 is 1.47 bits per heavy atom. The first-order chi connectivity index (χ1) is 7.95. The van der Waals surface area contributed by atoms with Gasteiger partial charge in [-0.25, -0.2) is 0 Å². The summed E-state index contributed by atoms with van der Waals surface area (Å²) in [6.07, 6.45) is -0.112. The van der Waals surface area contributed by atoms with E-state index >= 15 is 0 Å². The molecule has 1 N–H and O–H groups in total. The molecular formula is C13H17ClO3. The SMILES string of the molecule is COc1ccc(C(C)C)cc1C(Cl)CC(=O)O.